The molecule has 4 fully saturated rings. The normalized spacial score (nSPS) is 46.5. The number of ketones is 2. The Hall–Kier alpha value is -1.66. The summed E-state index contributed by atoms with van der Waals surface area (Å²) in [5.41, 5.74) is -6.58. The van der Waals surface area contributed by atoms with Gasteiger partial charge in [0.1, 0.15) is 11.4 Å². The molecular weight excluding hydrogens is 534 g/mol. The lowest BCUT2D eigenvalue weighted by atomic mass is 9.44. The van der Waals surface area contributed by atoms with Crippen LogP contribution in [0.2, 0.25) is 0 Å². The fraction of sp³-hybridized carbons (Fsp3) is 0.750. The predicted molar refractivity (Wildman–Crippen MR) is 137 cm³/mol. The number of aliphatic hydroxyl groups excluding tert-OH is 2. The highest BCUT2D eigenvalue weighted by Gasteiger charge is 2.80. The van der Waals surface area contributed by atoms with Crippen molar-refractivity contribution in [2.45, 2.75) is 94.1 Å². The lowest BCUT2D eigenvalue weighted by molar-refractivity contribution is -0.247. The highest BCUT2D eigenvalue weighted by molar-refractivity contribution is 8.01. The number of hydrogen-bond acceptors (Lipinski definition) is 8. The third kappa shape index (κ3) is 3.79. The molecule has 4 aliphatic carbocycles. The maximum Gasteiger partial charge on any atom is 0.316 e. The number of rotatable bonds is 7. The fourth-order valence-corrected chi connectivity index (χ4v) is 9.46. The molecule has 10 atom stereocenters. The van der Waals surface area contributed by atoms with E-state index in [9.17, 15) is 29.7 Å². The average molecular weight is 571 g/mol. The van der Waals surface area contributed by atoms with Crippen molar-refractivity contribution in [3.63, 3.8) is 0 Å². The number of alkyl halides is 2. The average Bonchev–Trinajstić information content (AvgIpc) is 3.25. The van der Waals surface area contributed by atoms with Gasteiger partial charge in [0.2, 0.25) is 0 Å². The summed E-state index contributed by atoms with van der Waals surface area (Å²) in [6.45, 7) is 6.25. The molecule has 8 nitrogen and oxygen atoms in total. The molecule has 11 heteroatoms. The molecule has 3 N–H and O–H groups in total. The Morgan fingerprint density at radius 3 is 2.54 bits per heavy atom. The molecule has 0 amide bonds. The number of hydrogen-bond donors (Lipinski definition) is 3. The zero-order valence-corrected chi connectivity index (χ0v) is 23.3. The first-order valence-electron chi connectivity index (χ1n) is 13.4. The van der Waals surface area contributed by atoms with Gasteiger partial charge >= 0.3 is 5.97 Å². The molecule has 1 heterocycles. The van der Waals surface area contributed by atoms with Crippen molar-refractivity contribution in [3.05, 3.63) is 23.8 Å². The summed E-state index contributed by atoms with van der Waals surface area (Å²) < 4.78 is 45.7. The molecule has 1 aliphatic heterocycles. The molecule has 5 aliphatic rings. The first-order valence-corrected chi connectivity index (χ1v) is 14.4. The summed E-state index contributed by atoms with van der Waals surface area (Å²) in [7, 11) is 0. The Morgan fingerprint density at radius 2 is 1.90 bits per heavy atom. The number of aliphatic carboxylic acids is 1. The van der Waals surface area contributed by atoms with Gasteiger partial charge in [-0.3, -0.25) is 14.4 Å². The van der Waals surface area contributed by atoms with Crippen molar-refractivity contribution in [1.82, 2.24) is 0 Å². The van der Waals surface area contributed by atoms with Gasteiger partial charge in [0, 0.05) is 23.4 Å². The predicted octanol–water partition coefficient (Wildman–Crippen LogP) is 2.94. The van der Waals surface area contributed by atoms with E-state index < -0.39 is 80.9 Å². The molecule has 5 rings (SSSR count). The number of aliphatic hydroxyl groups is 2. The molecule has 0 radical (unpaired) electrons. The standard InChI is InChI=1S/C28H36F2O8S/c1-24(2)37-22-11-15-16-10-18(29)17-9-14(32)5-7-25(17,3)27(16,30)20(33)12-26(15,4)28(22,38-24)21(34)13-39-19(6-8-31)23(35)36/h5,7,9,15-16,18-20,22,31,33H,6,8,10-13H2,1-4H3,(H,35,36)/t15-,16-,18-,19-,20-,22+,25-,26-,27-,28+/m0/s1. The number of thioether (sulfide) groups is 1. The van der Waals surface area contributed by atoms with Crippen LogP contribution in [-0.4, -0.2) is 85.9 Å². The largest absolute Gasteiger partial charge is 0.480 e. The smallest absolute Gasteiger partial charge is 0.316 e. The molecular formula is C28H36F2O8S. The maximum atomic E-state index is 17.4. The lowest BCUT2D eigenvalue weighted by Crippen LogP contribution is -2.71. The number of halogens is 2. The van der Waals surface area contributed by atoms with Gasteiger partial charge in [-0.1, -0.05) is 13.0 Å². The third-order valence-electron chi connectivity index (χ3n) is 10.1. The fourth-order valence-electron chi connectivity index (χ4n) is 8.48. The van der Waals surface area contributed by atoms with Crippen molar-refractivity contribution >= 4 is 29.3 Å². The highest BCUT2D eigenvalue weighted by Crippen LogP contribution is 2.72. The number of fused-ring (bicyclic) bond motifs is 7. The van der Waals surface area contributed by atoms with Crippen LogP contribution >= 0.6 is 11.8 Å². The molecule has 0 aromatic carbocycles. The van der Waals surface area contributed by atoms with E-state index in [0.717, 1.165) is 17.8 Å². The highest BCUT2D eigenvalue weighted by atomic mass is 32.2. The Bertz CT molecular complexity index is 1160. The minimum absolute atomic E-state index is 0.0222. The Kier molecular flexibility index (Phi) is 6.79. The van der Waals surface area contributed by atoms with Gasteiger partial charge in [0.25, 0.3) is 0 Å². The Labute approximate surface area is 230 Å². The lowest BCUT2D eigenvalue weighted by Gasteiger charge is -2.63. The van der Waals surface area contributed by atoms with Gasteiger partial charge in [-0.15, -0.1) is 11.8 Å². The van der Waals surface area contributed by atoms with E-state index in [1.165, 1.54) is 19.1 Å². The van der Waals surface area contributed by atoms with Crippen molar-refractivity contribution in [2.24, 2.45) is 22.7 Å². The van der Waals surface area contributed by atoms with Crippen LogP contribution < -0.4 is 0 Å². The first kappa shape index (κ1) is 28.9. The molecule has 1 saturated heterocycles. The summed E-state index contributed by atoms with van der Waals surface area (Å²) in [6, 6.07) is 0. The zero-order chi connectivity index (χ0) is 28.8. The number of ether oxygens (including phenoxy) is 2. The zero-order valence-electron chi connectivity index (χ0n) is 22.5. The van der Waals surface area contributed by atoms with Gasteiger partial charge < -0.3 is 24.8 Å². The van der Waals surface area contributed by atoms with Crippen molar-refractivity contribution in [2.75, 3.05) is 12.4 Å². The van der Waals surface area contributed by atoms with E-state index in [0.29, 0.717) is 0 Å². The molecule has 3 saturated carbocycles. The second-order valence-corrected chi connectivity index (χ2v) is 13.7. The second kappa shape index (κ2) is 9.17. The summed E-state index contributed by atoms with van der Waals surface area (Å²) in [4.78, 5) is 37.8. The van der Waals surface area contributed by atoms with E-state index in [-0.39, 0.29) is 43.6 Å². The minimum atomic E-state index is -2.30. The van der Waals surface area contributed by atoms with E-state index >= 15 is 8.78 Å². The maximum absolute atomic E-state index is 17.4. The van der Waals surface area contributed by atoms with E-state index in [1.807, 2.05) is 0 Å². The molecule has 0 bridgehead atoms. The van der Waals surface area contributed by atoms with Crippen molar-refractivity contribution < 1.29 is 48.0 Å². The van der Waals surface area contributed by atoms with Crippen molar-refractivity contribution in [1.29, 1.82) is 0 Å². The Balaban J connectivity index is 1.55. The summed E-state index contributed by atoms with van der Waals surface area (Å²) in [5.74, 6) is -5.04. The summed E-state index contributed by atoms with van der Waals surface area (Å²) in [5, 5.41) is 29.3. The summed E-state index contributed by atoms with van der Waals surface area (Å²) >= 11 is 0.879. The SMILES string of the molecule is CC1(C)O[C@@H]2C[C@H]3[C@@H]4C[C@H](F)C5=CC(=O)C=C[C@]5(C)[C@@]4(F)[C@@H](O)C[C@]3(C)[C@]2(C(=O)CS[C@@H](CCO)C(=O)O)O1. The van der Waals surface area contributed by atoms with Crippen LogP contribution in [0.25, 0.3) is 0 Å². The molecule has 39 heavy (non-hydrogen) atoms. The number of allylic oxidation sites excluding steroid dienone is 4. The minimum Gasteiger partial charge on any atom is -0.480 e. The molecule has 0 aromatic heterocycles. The second-order valence-electron chi connectivity index (χ2n) is 12.5. The third-order valence-corrected chi connectivity index (χ3v) is 11.4. The van der Waals surface area contributed by atoms with Crippen LogP contribution in [0, 0.1) is 22.7 Å². The monoisotopic (exact) mass is 570 g/mol. The van der Waals surface area contributed by atoms with E-state index in [2.05, 4.69) is 0 Å². The van der Waals surface area contributed by atoms with Gasteiger partial charge in [-0.25, -0.2) is 8.78 Å². The Morgan fingerprint density at radius 1 is 1.21 bits per heavy atom. The van der Waals surface area contributed by atoms with Gasteiger partial charge in [0.05, 0.1) is 18.0 Å². The molecule has 216 valence electrons. The van der Waals surface area contributed by atoms with Gasteiger partial charge in [-0.2, -0.15) is 0 Å². The number of carboxylic acids is 1. The number of carbonyl (C=O) groups is 3. The van der Waals surface area contributed by atoms with E-state index in [4.69, 9.17) is 9.47 Å². The van der Waals surface area contributed by atoms with Crippen LogP contribution in [0.15, 0.2) is 23.8 Å². The number of carboxylic acid groups (broad SMARTS) is 1. The quantitative estimate of drug-likeness (QED) is 0.423. The van der Waals surface area contributed by atoms with Gasteiger partial charge in [0.15, 0.2) is 28.6 Å². The number of Topliss-reactive ketones (excluding diaryl/α,β-unsaturated/α-hetero) is 1. The molecule has 0 spiro atoms. The topological polar surface area (TPSA) is 130 Å². The summed E-state index contributed by atoms with van der Waals surface area (Å²) in [6.07, 6.45) is -0.580. The van der Waals surface area contributed by atoms with Crippen LogP contribution in [-0.2, 0) is 23.9 Å². The van der Waals surface area contributed by atoms with Crippen LogP contribution in [0.4, 0.5) is 8.78 Å². The molecule has 0 aromatic rings. The molecule has 0 unspecified atom stereocenters. The van der Waals surface area contributed by atoms with Crippen LogP contribution in [0.3, 0.4) is 0 Å². The first-order chi connectivity index (χ1) is 18.1. The van der Waals surface area contributed by atoms with Crippen molar-refractivity contribution in [3.8, 4) is 0 Å². The van der Waals surface area contributed by atoms with Gasteiger partial charge in [-0.05, 0) is 70.1 Å². The van der Waals surface area contributed by atoms with E-state index in [1.54, 1.807) is 20.8 Å². The van der Waals surface area contributed by atoms with Crippen LogP contribution in [0.5, 0.6) is 0 Å². The van der Waals surface area contributed by atoms with Crippen LogP contribution in [0.1, 0.15) is 53.4 Å². The number of carbonyl (C=O) groups excluding carboxylic acids is 2.